The van der Waals surface area contributed by atoms with Crippen molar-refractivity contribution in [1.82, 2.24) is 5.32 Å². The Hall–Kier alpha value is -0.750. The van der Waals surface area contributed by atoms with E-state index in [1.54, 1.807) is 11.8 Å². The lowest BCUT2D eigenvalue weighted by atomic mass is 10.2. The van der Waals surface area contributed by atoms with E-state index < -0.39 is 12.0 Å². The van der Waals surface area contributed by atoms with Gasteiger partial charge in [0.1, 0.15) is 12.6 Å². The van der Waals surface area contributed by atoms with Crippen molar-refractivity contribution < 1.29 is 19.4 Å². The monoisotopic (exact) mass is 249 g/mol. The van der Waals surface area contributed by atoms with Crippen LogP contribution in [-0.2, 0) is 14.3 Å². The maximum absolute atomic E-state index is 11.3. The highest BCUT2D eigenvalue weighted by Crippen LogP contribution is 2.01. The molecule has 16 heavy (non-hydrogen) atoms. The van der Waals surface area contributed by atoms with Gasteiger partial charge in [-0.05, 0) is 32.3 Å². The zero-order valence-electron chi connectivity index (χ0n) is 9.86. The molecule has 2 N–H and O–H groups in total. The van der Waals surface area contributed by atoms with Crippen LogP contribution in [0.4, 0.5) is 0 Å². The molecular weight excluding hydrogens is 230 g/mol. The number of hydrogen-bond acceptors (Lipinski definition) is 4. The molecule has 0 aromatic carbocycles. The molecule has 1 unspecified atom stereocenters. The molecule has 1 atom stereocenters. The van der Waals surface area contributed by atoms with Gasteiger partial charge >= 0.3 is 5.97 Å². The van der Waals surface area contributed by atoms with E-state index in [1.807, 2.05) is 20.1 Å². The first kappa shape index (κ1) is 15.2. The topological polar surface area (TPSA) is 75.6 Å². The second-order valence-electron chi connectivity index (χ2n) is 3.60. The predicted octanol–water partition coefficient (Wildman–Crippen LogP) is 0.734. The number of thioether (sulfide) groups is 1. The van der Waals surface area contributed by atoms with E-state index >= 15 is 0 Å². The quantitative estimate of drug-likeness (QED) is 0.663. The van der Waals surface area contributed by atoms with Crippen LogP contribution in [0, 0.1) is 0 Å². The second kappa shape index (κ2) is 8.41. The summed E-state index contributed by atoms with van der Waals surface area (Å²) in [6.07, 6.45) is 2.27. The van der Waals surface area contributed by atoms with E-state index in [4.69, 9.17) is 9.84 Å². The number of amides is 1. The zero-order chi connectivity index (χ0) is 12.6. The normalized spacial score (nSPS) is 12.5. The van der Waals surface area contributed by atoms with Gasteiger partial charge in [0.05, 0.1) is 6.10 Å². The second-order valence-corrected chi connectivity index (χ2v) is 4.59. The van der Waals surface area contributed by atoms with Gasteiger partial charge in [-0.2, -0.15) is 11.8 Å². The molecule has 0 saturated heterocycles. The van der Waals surface area contributed by atoms with E-state index in [0.29, 0.717) is 12.2 Å². The lowest BCUT2D eigenvalue weighted by molar-refractivity contribution is -0.142. The van der Waals surface area contributed by atoms with Crippen LogP contribution in [-0.4, -0.2) is 47.7 Å². The summed E-state index contributed by atoms with van der Waals surface area (Å²) in [7, 11) is 0. The van der Waals surface area contributed by atoms with Crippen molar-refractivity contribution in [3.05, 3.63) is 0 Å². The van der Waals surface area contributed by atoms with Crippen LogP contribution >= 0.6 is 11.8 Å². The number of carbonyl (C=O) groups excluding carboxylic acids is 1. The summed E-state index contributed by atoms with van der Waals surface area (Å²) in [6.45, 7) is 3.53. The predicted molar refractivity (Wildman–Crippen MR) is 63.7 cm³/mol. The fourth-order valence-corrected chi connectivity index (χ4v) is 1.44. The molecule has 0 radical (unpaired) electrons. The third-order valence-electron chi connectivity index (χ3n) is 1.79. The summed E-state index contributed by atoms with van der Waals surface area (Å²) in [5, 5.41) is 11.3. The highest BCUT2D eigenvalue weighted by atomic mass is 32.2. The Balaban J connectivity index is 3.98. The fourth-order valence-electron chi connectivity index (χ4n) is 0.971. The Bertz CT molecular complexity index is 233. The van der Waals surface area contributed by atoms with Crippen LogP contribution in [0.2, 0.25) is 0 Å². The molecule has 94 valence electrons. The van der Waals surface area contributed by atoms with Crippen LogP contribution < -0.4 is 5.32 Å². The number of rotatable bonds is 8. The Morgan fingerprint density at radius 2 is 2.06 bits per heavy atom. The molecule has 1 amide bonds. The molecule has 6 heteroatoms. The average Bonchev–Trinajstić information content (AvgIpc) is 2.20. The van der Waals surface area contributed by atoms with E-state index in [9.17, 15) is 9.59 Å². The zero-order valence-corrected chi connectivity index (χ0v) is 10.7. The summed E-state index contributed by atoms with van der Waals surface area (Å²) in [5.41, 5.74) is 0. The van der Waals surface area contributed by atoms with Gasteiger partial charge in [-0.25, -0.2) is 4.79 Å². The van der Waals surface area contributed by atoms with E-state index in [2.05, 4.69) is 5.32 Å². The molecule has 0 aliphatic carbocycles. The number of nitrogens with one attached hydrogen (secondary N) is 1. The molecule has 0 aliphatic heterocycles. The van der Waals surface area contributed by atoms with E-state index in [0.717, 1.165) is 0 Å². The van der Waals surface area contributed by atoms with Gasteiger partial charge in [-0.15, -0.1) is 0 Å². The molecule has 0 fully saturated rings. The van der Waals surface area contributed by atoms with Crippen molar-refractivity contribution in [3.63, 3.8) is 0 Å². The van der Waals surface area contributed by atoms with Gasteiger partial charge in [-0.3, -0.25) is 4.79 Å². The Kier molecular flexibility index (Phi) is 8.01. The number of carboxylic acids is 1. The van der Waals surface area contributed by atoms with Gasteiger partial charge in [0.15, 0.2) is 0 Å². The Labute approximate surface area is 99.9 Å². The molecule has 0 aromatic heterocycles. The average molecular weight is 249 g/mol. The summed E-state index contributed by atoms with van der Waals surface area (Å²) in [6, 6.07) is -0.823. The molecule has 0 aliphatic rings. The van der Waals surface area contributed by atoms with Gasteiger partial charge in [0.25, 0.3) is 0 Å². The van der Waals surface area contributed by atoms with Crippen LogP contribution in [0.1, 0.15) is 20.3 Å². The fraction of sp³-hybridized carbons (Fsp3) is 0.800. The number of ether oxygens (including phenoxy) is 1. The van der Waals surface area contributed by atoms with Crippen LogP contribution in [0.3, 0.4) is 0 Å². The van der Waals surface area contributed by atoms with Gasteiger partial charge in [0.2, 0.25) is 5.91 Å². The van der Waals surface area contributed by atoms with Crippen molar-refractivity contribution in [2.24, 2.45) is 0 Å². The number of carboxylic acid groups (broad SMARTS) is 1. The smallest absolute Gasteiger partial charge is 0.326 e. The highest BCUT2D eigenvalue weighted by Gasteiger charge is 2.19. The van der Waals surface area contributed by atoms with Gasteiger partial charge < -0.3 is 15.2 Å². The van der Waals surface area contributed by atoms with Crippen LogP contribution in [0.5, 0.6) is 0 Å². The van der Waals surface area contributed by atoms with Crippen molar-refractivity contribution >= 4 is 23.6 Å². The largest absolute Gasteiger partial charge is 0.480 e. The van der Waals surface area contributed by atoms with Crippen LogP contribution in [0.25, 0.3) is 0 Å². The lowest BCUT2D eigenvalue weighted by Crippen LogP contribution is -2.43. The minimum atomic E-state index is -1.01. The van der Waals surface area contributed by atoms with Crippen LogP contribution in [0.15, 0.2) is 0 Å². The third-order valence-corrected chi connectivity index (χ3v) is 2.44. The molecule has 0 bridgehead atoms. The number of carbonyl (C=O) groups is 2. The SMILES string of the molecule is CSCCC(NC(=O)COC(C)C)C(=O)O. The summed E-state index contributed by atoms with van der Waals surface area (Å²) < 4.78 is 5.08. The Morgan fingerprint density at radius 3 is 2.50 bits per heavy atom. The molecule has 0 saturated carbocycles. The lowest BCUT2D eigenvalue weighted by Gasteiger charge is -2.14. The number of aliphatic carboxylic acids is 1. The molecule has 0 heterocycles. The first-order valence-corrected chi connectivity index (χ1v) is 6.49. The molecular formula is C10H19NO4S. The first-order chi connectivity index (χ1) is 7.47. The summed E-state index contributed by atoms with van der Waals surface area (Å²) in [4.78, 5) is 22.1. The van der Waals surface area contributed by atoms with E-state index in [-0.39, 0.29) is 18.6 Å². The van der Waals surface area contributed by atoms with Crippen molar-refractivity contribution in [2.45, 2.75) is 32.4 Å². The maximum Gasteiger partial charge on any atom is 0.326 e. The van der Waals surface area contributed by atoms with Crippen molar-refractivity contribution in [3.8, 4) is 0 Å². The maximum atomic E-state index is 11.3. The third kappa shape index (κ3) is 7.53. The van der Waals surface area contributed by atoms with Gasteiger partial charge in [0, 0.05) is 0 Å². The minimum absolute atomic E-state index is 0.0415. The minimum Gasteiger partial charge on any atom is -0.480 e. The molecule has 0 rings (SSSR count). The first-order valence-electron chi connectivity index (χ1n) is 5.10. The summed E-state index contributed by atoms with van der Waals surface area (Å²) in [5.74, 6) is -0.698. The Morgan fingerprint density at radius 1 is 1.44 bits per heavy atom. The molecule has 0 aromatic rings. The van der Waals surface area contributed by atoms with Crippen molar-refractivity contribution in [2.75, 3.05) is 18.6 Å². The number of hydrogen-bond donors (Lipinski definition) is 2. The van der Waals surface area contributed by atoms with Gasteiger partial charge in [-0.1, -0.05) is 0 Å². The van der Waals surface area contributed by atoms with E-state index in [1.165, 1.54) is 0 Å². The standard InChI is InChI=1S/C10H19NO4S/c1-7(2)15-6-9(12)11-8(10(13)14)4-5-16-3/h7-8H,4-6H2,1-3H3,(H,11,12)(H,13,14). The molecule has 0 spiro atoms. The van der Waals surface area contributed by atoms with Crippen molar-refractivity contribution in [1.29, 1.82) is 0 Å². The summed E-state index contributed by atoms with van der Waals surface area (Å²) >= 11 is 1.55. The molecule has 5 nitrogen and oxygen atoms in total. The highest BCUT2D eigenvalue weighted by molar-refractivity contribution is 7.98.